The van der Waals surface area contributed by atoms with Crippen molar-refractivity contribution < 1.29 is 32.6 Å². The first kappa shape index (κ1) is 35.9. The number of hydrogen-bond donors (Lipinski definition) is 6. The van der Waals surface area contributed by atoms with Crippen LogP contribution in [-0.4, -0.2) is 83.3 Å². The normalized spacial score (nSPS) is 12.1. The van der Waals surface area contributed by atoms with Crippen molar-refractivity contribution in [1.29, 1.82) is 0 Å². The predicted octanol–water partition coefficient (Wildman–Crippen LogP) is 2.73. The molecule has 258 valence electrons. The molecule has 6 N–H and O–H groups in total. The molecule has 0 aliphatic heterocycles. The molecule has 2 amide bonds. The van der Waals surface area contributed by atoms with Gasteiger partial charge in [0.25, 0.3) is 5.91 Å². The summed E-state index contributed by atoms with van der Waals surface area (Å²) >= 11 is 0. The predicted molar refractivity (Wildman–Crippen MR) is 179 cm³/mol. The van der Waals surface area contributed by atoms with Gasteiger partial charge in [-0.2, -0.15) is 9.82 Å². The smallest absolute Gasteiger partial charge is 0.323 e. The molecule has 0 spiro atoms. The number of imidazole rings is 1. The summed E-state index contributed by atoms with van der Waals surface area (Å²) in [7, 11) is -4.30. The van der Waals surface area contributed by atoms with E-state index >= 15 is 0 Å². The molecule has 0 radical (unpaired) electrons. The van der Waals surface area contributed by atoms with Gasteiger partial charge in [0.2, 0.25) is 15.9 Å². The number of aromatic amines is 1. The number of benzene rings is 2. The average Bonchev–Trinajstić information content (AvgIpc) is 3.71. The third-order valence-electron chi connectivity index (χ3n) is 7.40. The van der Waals surface area contributed by atoms with Gasteiger partial charge in [-0.3, -0.25) is 19.1 Å². The highest BCUT2D eigenvalue weighted by atomic mass is 32.2. The van der Waals surface area contributed by atoms with Gasteiger partial charge < -0.3 is 30.8 Å². The molecule has 0 saturated carbocycles. The Morgan fingerprint density at radius 3 is 2.52 bits per heavy atom. The topological polar surface area (TPSA) is 209 Å². The van der Waals surface area contributed by atoms with Crippen LogP contribution < -0.4 is 25.4 Å². The van der Waals surface area contributed by atoms with Crippen LogP contribution in [0.2, 0.25) is 0 Å². The number of ether oxygens (including phenoxy) is 1. The number of nitrogens with zero attached hydrogens (tertiary/aromatic N) is 3. The number of hydrogen-bond acceptors (Lipinski definition) is 9. The number of fused-ring (bicyclic) bond motifs is 1. The van der Waals surface area contributed by atoms with E-state index in [4.69, 9.17) is 4.74 Å². The summed E-state index contributed by atoms with van der Waals surface area (Å²) in [6.45, 7) is 6.86. The molecule has 0 fully saturated rings. The van der Waals surface area contributed by atoms with Crippen LogP contribution in [0.3, 0.4) is 0 Å². The Balaban J connectivity index is 1.32. The largest absolute Gasteiger partial charge is 0.494 e. The fraction of sp³-hybridized carbons (Fsp3) is 0.406. The highest BCUT2D eigenvalue weighted by Crippen LogP contribution is 2.26. The van der Waals surface area contributed by atoms with E-state index in [1.807, 2.05) is 11.6 Å². The number of anilines is 1. The van der Waals surface area contributed by atoms with Crippen molar-refractivity contribution in [3.8, 4) is 5.75 Å². The number of aliphatic carboxylic acids is 1. The lowest BCUT2D eigenvalue weighted by atomic mass is 10.1. The fourth-order valence-electron chi connectivity index (χ4n) is 5.12. The van der Waals surface area contributed by atoms with Crippen molar-refractivity contribution >= 4 is 44.7 Å². The Morgan fingerprint density at radius 2 is 1.83 bits per heavy atom. The lowest BCUT2D eigenvalue weighted by Gasteiger charge is -2.19. The van der Waals surface area contributed by atoms with E-state index in [-0.39, 0.29) is 23.0 Å². The van der Waals surface area contributed by atoms with E-state index in [2.05, 4.69) is 35.7 Å². The Labute approximate surface area is 278 Å². The molecule has 2 aromatic carbocycles. The van der Waals surface area contributed by atoms with E-state index in [1.54, 1.807) is 62.8 Å². The maximum atomic E-state index is 13.3. The Hall–Kier alpha value is -4.96. The third kappa shape index (κ3) is 9.78. The summed E-state index contributed by atoms with van der Waals surface area (Å²) < 4.78 is 36.5. The van der Waals surface area contributed by atoms with E-state index in [0.29, 0.717) is 55.3 Å². The molecule has 0 aliphatic rings. The fourth-order valence-corrected chi connectivity index (χ4v) is 6.76. The minimum Gasteiger partial charge on any atom is -0.494 e. The molecule has 48 heavy (non-hydrogen) atoms. The van der Waals surface area contributed by atoms with Crippen molar-refractivity contribution in [1.82, 2.24) is 35.1 Å². The molecule has 2 aromatic heterocycles. The second-order valence-electron chi connectivity index (χ2n) is 11.3. The van der Waals surface area contributed by atoms with E-state index in [0.717, 1.165) is 23.7 Å². The molecular formula is C32H42N8O7S. The molecule has 16 heteroatoms. The minimum atomic E-state index is -4.30. The zero-order valence-electron chi connectivity index (χ0n) is 27.2. The van der Waals surface area contributed by atoms with Gasteiger partial charge in [0.1, 0.15) is 11.8 Å². The standard InChI is InChI=1S/C32H42N8O7S/c1-4-10-33-28(41)7-5-15-47-25-16-21(2)29(22(3)17-25)48(45,46)39-26(31(43)44)20-37-30(42)23-8-9-27-24(18-23)19-38-40(27)14-6-11-34-32-35-12-13-36-32/h8-9,12-13,16-19,26,39H,4-7,10-11,14-15,20H2,1-3H3,(H,33,41)(H,37,42)(H,43,44)(H2,34,35,36). The number of aryl methyl sites for hydroxylation is 3. The van der Waals surface area contributed by atoms with Gasteiger partial charge >= 0.3 is 5.97 Å². The summed E-state index contributed by atoms with van der Waals surface area (Å²) in [5, 5.41) is 23.4. The number of H-pyrrole nitrogens is 1. The van der Waals surface area contributed by atoms with Gasteiger partial charge in [0, 0.05) is 55.9 Å². The van der Waals surface area contributed by atoms with Crippen LogP contribution in [0.1, 0.15) is 54.1 Å². The van der Waals surface area contributed by atoms with Crippen molar-refractivity contribution in [3.63, 3.8) is 0 Å². The molecule has 1 unspecified atom stereocenters. The van der Waals surface area contributed by atoms with Crippen LogP contribution in [0.25, 0.3) is 10.9 Å². The van der Waals surface area contributed by atoms with Crippen LogP contribution in [0, 0.1) is 13.8 Å². The average molecular weight is 683 g/mol. The molecule has 0 saturated heterocycles. The first-order chi connectivity index (χ1) is 23.0. The highest BCUT2D eigenvalue weighted by Gasteiger charge is 2.29. The summed E-state index contributed by atoms with van der Waals surface area (Å²) in [4.78, 5) is 43.8. The maximum absolute atomic E-state index is 13.3. The lowest BCUT2D eigenvalue weighted by Crippen LogP contribution is -2.48. The monoisotopic (exact) mass is 682 g/mol. The van der Waals surface area contributed by atoms with Crippen molar-refractivity contribution in [3.05, 3.63) is 65.6 Å². The van der Waals surface area contributed by atoms with E-state index < -0.39 is 34.5 Å². The van der Waals surface area contributed by atoms with Crippen LogP contribution in [0.4, 0.5) is 5.95 Å². The summed E-state index contributed by atoms with van der Waals surface area (Å²) in [6, 6.07) is 6.48. The quantitative estimate of drug-likeness (QED) is 0.0797. The highest BCUT2D eigenvalue weighted by molar-refractivity contribution is 7.89. The first-order valence-corrected chi connectivity index (χ1v) is 17.2. The van der Waals surface area contributed by atoms with Gasteiger partial charge in [-0.15, -0.1) is 0 Å². The second-order valence-corrected chi connectivity index (χ2v) is 12.9. The number of rotatable bonds is 19. The summed E-state index contributed by atoms with van der Waals surface area (Å²) in [6.07, 6.45) is 7.48. The molecule has 15 nitrogen and oxygen atoms in total. The zero-order chi connectivity index (χ0) is 34.7. The number of carbonyl (C=O) groups excluding carboxylic acids is 2. The van der Waals surface area contributed by atoms with Crippen molar-refractivity contribution in [2.75, 3.05) is 31.6 Å². The number of carboxylic acids is 1. The van der Waals surface area contributed by atoms with E-state index in [9.17, 15) is 27.9 Å². The van der Waals surface area contributed by atoms with Crippen LogP contribution >= 0.6 is 0 Å². The second kappa shape index (κ2) is 16.7. The van der Waals surface area contributed by atoms with Gasteiger partial charge in [-0.1, -0.05) is 6.92 Å². The molecular weight excluding hydrogens is 640 g/mol. The molecule has 4 rings (SSSR count). The van der Waals surface area contributed by atoms with Gasteiger partial charge in [-0.25, -0.2) is 13.4 Å². The first-order valence-electron chi connectivity index (χ1n) is 15.7. The molecule has 1 atom stereocenters. The molecule has 0 aliphatic carbocycles. The summed E-state index contributed by atoms with van der Waals surface area (Å²) in [5.74, 6) is -0.939. The lowest BCUT2D eigenvalue weighted by molar-refractivity contribution is -0.138. The van der Waals surface area contributed by atoms with Crippen LogP contribution in [-0.2, 0) is 26.2 Å². The van der Waals surface area contributed by atoms with Gasteiger partial charge in [0.05, 0.1) is 23.2 Å². The van der Waals surface area contributed by atoms with Gasteiger partial charge in [0.15, 0.2) is 5.95 Å². The number of nitrogens with one attached hydrogen (secondary N) is 5. The number of sulfonamides is 1. The number of amides is 2. The van der Waals surface area contributed by atoms with Crippen LogP contribution in [0.15, 0.2) is 53.8 Å². The van der Waals surface area contributed by atoms with Crippen LogP contribution in [0.5, 0.6) is 5.75 Å². The SMILES string of the molecule is CCCNC(=O)CCCOc1cc(C)c(S(=O)(=O)NC(CNC(=O)c2ccc3c(cnn3CCCNc3ncc[nH]3)c2)C(=O)O)c(C)c1. The Kier molecular flexibility index (Phi) is 12.5. The molecule has 2 heterocycles. The maximum Gasteiger partial charge on any atom is 0.323 e. The number of aromatic nitrogens is 4. The molecule has 4 aromatic rings. The van der Waals surface area contributed by atoms with Crippen molar-refractivity contribution in [2.24, 2.45) is 0 Å². The van der Waals surface area contributed by atoms with Crippen molar-refractivity contribution in [2.45, 2.75) is 63.9 Å². The Bertz CT molecular complexity index is 1800. The summed E-state index contributed by atoms with van der Waals surface area (Å²) in [5.41, 5.74) is 1.82. The molecule has 0 bridgehead atoms. The van der Waals surface area contributed by atoms with Gasteiger partial charge in [-0.05, 0) is 74.6 Å². The minimum absolute atomic E-state index is 0.0556. The number of carbonyl (C=O) groups is 3. The third-order valence-corrected chi connectivity index (χ3v) is 9.17. The zero-order valence-corrected chi connectivity index (χ0v) is 28.0. The van der Waals surface area contributed by atoms with E-state index in [1.165, 1.54) is 0 Å². The number of carboxylic acid groups (broad SMARTS) is 1. The Morgan fingerprint density at radius 1 is 1.06 bits per heavy atom.